The lowest BCUT2D eigenvalue weighted by Gasteiger charge is -2.35. The number of aliphatic carboxylic acids is 1. The van der Waals surface area contributed by atoms with Crippen molar-refractivity contribution in [2.75, 3.05) is 11.9 Å². The summed E-state index contributed by atoms with van der Waals surface area (Å²) in [6.07, 6.45) is 2.63. The van der Waals surface area contributed by atoms with Crippen molar-refractivity contribution in [3.8, 4) is 0 Å². The molecule has 1 aliphatic carbocycles. The molecule has 1 aromatic rings. The second kappa shape index (κ2) is 5.55. The number of nitrogens with zero attached hydrogens (tertiary/aromatic N) is 1. The highest BCUT2D eigenvalue weighted by Gasteiger charge is 2.28. The summed E-state index contributed by atoms with van der Waals surface area (Å²) < 4.78 is 26.6. The Labute approximate surface area is 110 Å². The van der Waals surface area contributed by atoms with E-state index < -0.39 is 17.6 Å². The Kier molecular flexibility index (Phi) is 4.02. The van der Waals surface area contributed by atoms with Gasteiger partial charge in [0, 0.05) is 19.2 Å². The molecule has 0 aliphatic heterocycles. The van der Waals surface area contributed by atoms with Crippen LogP contribution in [0.4, 0.5) is 14.5 Å². The molecule has 3 nitrogen and oxygen atoms in total. The van der Waals surface area contributed by atoms with Gasteiger partial charge in [0.1, 0.15) is 11.6 Å². The Bertz CT molecular complexity index is 471. The molecule has 0 radical (unpaired) electrons. The van der Waals surface area contributed by atoms with Gasteiger partial charge in [0.05, 0.1) is 11.6 Å². The average Bonchev–Trinajstić information content (AvgIpc) is 2.38. The summed E-state index contributed by atoms with van der Waals surface area (Å²) in [5.74, 6) is -2.22. The minimum absolute atomic E-state index is 0.107. The van der Waals surface area contributed by atoms with Gasteiger partial charge in [-0.15, -0.1) is 0 Å². The molecule has 1 saturated carbocycles. The third-order valence-corrected chi connectivity index (χ3v) is 3.88. The van der Waals surface area contributed by atoms with Crippen LogP contribution in [-0.2, 0) is 4.79 Å². The average molecular weight is 269 g/mol. The highest BCUT2D eigenvalue weighted by Crippen LogP contribution is 2.31. The molecule has 0 unspecified atom stereocenters. The fourth-order valence-corrected chi connectivity index (χ4v) is 2.67. The number of carboxylic acids is 1. The van der Waals surface area contributed by atoms with Crippen molar-refractivity contribution < 1.29 is 18.7 Å². The molecule has 0 atom stereocenters. The third-order valence-electron chi connectivity index (χ3n) is 3.88. The summed E-state index contributed by atoms with van der Waals surface area (Å²) in [4.78, 5) is 12.7. The lowest BCUT2D eigenvalue weighted by atomic mass is 9.85. The van der Waals surface area contributed by atoms with Crippen LogP contribution in [-0.4, -0.2) is 24.2 Å². The molecule has 1 aromatic carbocycles. The summed E-state index contributed by atoms with van der Waals surface area (Å²) in [5, 5.41) is 8.94. The number of anilines is 1. The van der Waals surface area contributed by atoms with Crippen molar-refractivity contribution >= 4 is 11.7 Å². The molecule has 104 valence electrons. The van der Waals surface area contributed by atoms with Crippen molar-refractivity contribution in [2.24, 2.45) is 5.92 Å². The molecule has 1 fully saturated rings. The summed E-state index contributed by atoms with van der Waals surface area (Å²) in [5.41, 5.74) is 0.361. The van der Waals surface area contributed by atoms with E-state index in [4.69, 9.17) is 5.11 Å². The first-order valence-corrected chi connectivity index (χ1v) is 6.39. The summed E-state index contributed by atoms with van der Waals surface area (Å²) >= 11 is 0. The van der Waals surface area contributed by atoms with Crippen LogP contribution < -0.4 is 4.90 Å². The smallest absolute Gasteiger partial charge is 0.306 e. The Morgan fingerprint density at radius 3 is 2.42 bits per heavy atom. The van der Waals surface area contributed by atoms with Gasteiger partial charge in [-0.1, -0.05) is 0 Å². The van der Waals surface area contributed by atoms with Gasteiger partial charge in [0.15, 0.2) is 0 Å². The van der Waals surface area contributed by atoms with E-state index in [-0.39, 0.29) is 12.0 Å². The quantitative estimate of drug-likeness (QED) is 0.916. The SMILES string of the molecule is CN(c1ccc(F)cc1F)C1CCC(C(=O)O)CC1. The number of carboxylic acid groups (broad SMARTS) is 1. The zero-order valence-electron chi connectivity index (χ0n) is 10.8. The van der Waals surface area contributed by atoms with E-state index in [1.807, 2.05) is 0 Å². The molecule has 2 rings (SSSR count). The van der Waals surface area contributed by atoms with E-state index in [0.29, 0.717) is 31.4 Å². The van der Waals surface area contributed by atoms with Gasteiger partial charge in [0.25, 0.3) is 0 Å². The summed E-state index contributed by atoms with van der Waals surface area (Å²) in [6.45, 7) is 0. The molecule has 0 bridgehead atoms. The monoisotopic (exact) mass is 269 g/mol. The van der Waals surface area contributed by atoms with E-state index >= 15 is 0 Å². The molecular weight excluding hydrogens is 252 g/mol. The molecule has 0 aromatic heterocycles. The first-order valence-electron chi connectivity index (χ1n) is 6.39. The predicted molar refractivity (Wildman–Crippen MR) is 68.1 cm³/mol. The summed E-state index contributed by atoms with van der Waals surface area (Å²) in [7, 11) is 1.77. The fraction of sp³-hybridized carbons (Fsp3) is 0.500. The third kappa shape index (κ3) is 3.03. The van der Waals surface area contributed by atoms with E-state index in [0.717, 1.165) is 6.07 Å². The van der Waals surface area contributed by atoms with Crippen molar-refractivity contribution in [1.29, 1.82) is 0 Å². The standard InChI is InChI=1S/C14H17F2NO2/c1-17(13-7-4-10(15)8-12(13)16)11-5-2-9(3-6-11)14(18)19/h4,7-9,11H,2-3,5-6H2,1H3,(H,18,19). The van der Waals surface area contributed by atoms with Crippen LogP contribution in [0.5, 0.6) is 0 Å². The van der Waals surface area contributed by atoms with Gasteiger partial charge < -0.3 is 10.0 Å². The second-order valence-corrected chi connectivity index (χ2v) is 5.05. The van der Waals surface area contributed by atoms with Gasteiger partial charge in [-0.3, -0.25) is 4.79 Å². The van der Waals surface area contributed by atoms with Gasteiger partial charge in [-0.25, -0.2) is 8.78 Å². The van der Waals surface area contributed by atoms with E-state index in [1.165, 1.54) is 12.1 Å². The maximum absolute atomic E-state index is 13.7. The first-order chi connectivity index (χ1) is 8.99. The van der Waals surface area contributed by atoms with Crippen molar-refractivity contribution in [3.05, 3.63) is 29.8 Å². The molecule has 1 aliphatic rings. The number of rotatable bonds is 3. The Morgan fingerprint density at radius 1 is 1.26 bits per heavy atom. The first kappa shape index (κ1) is 13.8. The molecular formula is C14H17F2NO2. The van der Waals surface area contributed by atoms with Crippen LogP contribution in [0, 0.1) is 17.6 Å². The van der Waals surface area contributed by atoms with Crippen LogP contribution in [0.25, 0.3) is 0 Å². The zero-order chi connectivity index (χ0) is 14.0. The lowest BCUT2D eigenvalue weighted by Crippen LogP contribution is -2.37. The maximum Gasteiger partial charge on any atom is 0.306 e. The van der Waals surface area contributed by atoms with Crippen LogP contribution in [0.3, 0.4) is 0 Å². The largest absolute Gasteiger partial charge is 0.481 e. The Morgan fingerprint density at radius 2 is 1.89 bits per heavy atom. The number of hydrogen-bond acceptors (Lipinski definition) is 2. The molecule has 1 N–H and O–H groups in total. The number of carbonyl (C=O) groups is 1. The van der Waals surface area contributed by atoms with Crippen LogP contribution in [0.1, 0.15) is 25.7 Å². The van der Waals surface area contributed by atoms with Gasteiger partial charge in [-0.2, -0.15) is 0 Å². The molecule has 19 heavy (non-hydrogen) atoms. The van der Waals surface area contributed by atoms with Crippen molar-refractivity contribution in [1.82, 2.24) is 0 Å². The number of hydrogen-bond donors (Lipinski definition) is 1. The minimum Gasteiger partial charge on any atom is -0.481 e. The van der Waals surface area contributed by atoms with E-state index in [1.54, 1.807) is 11.9 Å². The van der Waals surface area contributed by atoms with Crippen LogP contribution >= 0.6 is 0 Å². The van der Waals surface area contributed by atoms with Crippen molar-refractivity contribution in [2.45, 2.75) is 31.7 Å². The van der Waals surface area contributed by atoms with Gasteiger partial charge in [0.2, 0.25) is 0 Å². The van der Waals surface area contributed by atoms with Crippen LogP contribution in [0.15, 0.2) is 18.2 Å². The molecule has 0 amide bonds. The normalized spacial score (nSPS) is 23.1. The molecule has 0 saturated heterocycles. The molecule has 5 heteroatoms. The topological polar surface area (TPSA) is 40.5 Å². The second-order valence-electron chi connectivity index (χ2n) is 5.05. The lowest BCUT2D eigenvalue weighted by molar-refractivity contribution is -0.142. The number of halogens is 2. The van der Waals surface area contributed by atoms with Gasteiger partial charge >= 0.3 is 5.97 Å². The molecule has 0 spiro atoms. The Hall–Kier alpha value is -1.65. The number of benzene rings is 1. The highest BCUT2D eigenvalue weighted by molar-refractivity contribution is 5.70. The zero-order valence-corrected chi connectivity index (χ0v) is 10.8. The molecule has 0 heterocycles. The highest BCUT2D eigenvalue weighted by atomic mass is 19.1. The van der Waals surface area contributed by atoms with Crippen LogP contribution in [0.2, 0.25) is 0 Å². The predicted octanol–water partition coefficient (Wildman–Crippen LogP) is 3.04. The summed E-state index contributed by atoms with van der Waals surface area (Å²) in [6, 6.07) is 3.64. The van der Waals surface area contributed by atoms with E-state index in [9.17, 15) is 13.6 Å². The Balaban J connectivity index is 2.05. The maximum atomic E-state index is 13.7. The minimum atomic E-state index is -0.755. The fourth-order valence-electron chi connectivity index (χ4n) is 2.67. The van der Waals surface area contributed by atoms with E-state index in [2.05, 4.69) is 0 Å². The van der Waals surface area contributed by atoms with Crippen molar-refractivity contribution in [3.63, 3.8) is 0 Å². The van der Waals surface area contributed by atoms with Gasteiger partial charge in [-0.05, 0) is 37.8 Å².